The van der Waals surface area contributed by atoms with Crippen molar-refractivity contribution in [1.29, 1.82) is 0 Å². The minimum atomic E-state index is -0.719. The number of carbonyl (C=O) groups is 5. The zero-order chi connectivity index (χ0) is 27.3. The maximum atomic E-state index is 12.9. The first-order valence-corrected chi connectivity index (χ1v) is 13.1. The number of piperidine rings is 1. The molecular weight excluding hydrogens is 492 g/mol. The van der Waals surface area contributed by atoms with Gasteiger partial charge in [0.1, 0.15) is 6.29 Å². The molecule has 0 spiro atoms. The molecule has 1 aromatic rings. The number of nitrogens with one attached hydrogen (secondary N) is 4. The maximum Gasteiger partial charge on any atom is 0.255 e. The molecule has 4 N–H and O–H groups in total. The van der Waals surface area contributed by atoms with Crippen molar-refractivity contribution in [2.75, 3.05) is 58.3 Å². The van der Waals surface area contributed by atoms with Gasteiger partial charge in [-0.1, -0.05) is 6.07 Å². The van der Waals surface area contributed by atoms with E-state index in [1.54, 1.807) is 18.2 Å². The van der Waals surface area contributed by atoms with Crippen LogP contribution in [-0.4, -0.2) is 105 Å². The minimum Gasteiger partial charge on any atom is -0.379 e. The molecule has 1 fully saturated rings. The summed E-state index contributed by atoms with van der Waals surface area (Å²) >= 11 is 0. The molecule has 208 valence electrons. The molecule has 0 radical (unpaired) electrons. The zero-order valence-corrected chi connectivity index (χ0v) is 21.9. The molecule has 0 aliphatic carbocycles. The summed E-state index contributed by atoms with van der Waals surface area (Å²) in [5, 5.41) is 11.2. The first-order chi connectivity index (χ1) is 18.5. The van der Waals surface area contributed by atoms with E-state index in [0.717, 1.165) is 38.9 Å². The largest absolute Gasteiger partial charge is 0.379 e. The molecule has 2 aliphatic rings. The van der Waals surface area contributed by atoms with Crippen LogP contribution in [0.2, 0.25) is 0 Å². The lowest BCUT2D eigenvalue weighted by atomic mass is 10.1. The number of fused-ring (bicyclic) bond motifs is 1. The van der Waals surface area contributed by atoms with Gasteiger partial charge in [-0.2, -0.15) is 0 Å². The van der Waals surface area contributed by atoms with Gasteiger partial charge in [0.15, 0.2) is 0 Å². The standard InChI is InChI=1S/C26H38N6O6/c1-27-24(35)6-5-20(17-33)32-16-22-21(26(32)37)3-2-4-23(22)30-25(36)15-28-9-13-38-14-12-31-10-7-19(8-11-31)29-18-34/h2-4,17-20,28H,5-16H2,1H3,(H,27,35)(H,29,34)(H,30,36). The van der Waals surface area contributed by atoms with E-state index in [-0.39, 0.29) is 49.7 Å². The van der Waals surface area contributed by atoms with Crippen molar-refractivity contribution in [1.82, 2.24) is 25.8 Å². The summed E-state index contributed by atoms with van der Waals surface area (Å²) in [6.07, 6.45) is 3.71. The number of amides is 4. The fraction of sp³-hybridized carbons (Fsp3) is 0.577. The average molecular weight is 531 g/mol. The van der Waals surface area contributed by atoms with Gasteiger partial charge in [-0.05, 0) is 31.4 Å². The van der Waals surface area contributed by atoms with E-state index in [9.17, 15) is 24.0 Å². The molecule has 1 saturated heterocycles. The second-order valence-corrected chi connectivity index (χ2v) is 9.42. The number of ether oxygens (including phenoxy) is 1. The van der Waals surface area contributed by atoms with Gasteiger partial charge in [-0.3, -0.25) is 19.2 Å². The SMILES string of the molecule is CNC(=O)CCC(C=O)N1Cc2c(NC(=O)CNCCOCCN3CCC(NC=O)CC3)cccc2C1=O. The van der Waals surface area contributed by atoms with Crippen LogP contribution < -0.4 is 21.3 Å². The normalized spacial score (nSPS) is 16.6. The van der Waals surface area contributed by atoms with Crippen molar-refractivity contribution in [3.63, 3.8) is 0 Å². The summed E-state index contributed by atoms with van der Waals surface area (Å²) < 4.78 is 5.67. The molecule has 2 heterocycles. The molecule has 0 saturated carbocycles. The number of nitrogens with zero attached hydrogens (tertiary/aromatic N) is 2. The fourth-order valence-electron chi connectivity index (χ4n) is 4.70. The molecule has 4 amide bonds. The highest BCUT2D eigenvalue weighted by atomic mass is 16.5. The summed E-state index contributed by atoms with van der Waals surface area (Å²) in [5.41, 5.74) is 1.64. The van der Waals surface area contributed by atoms with Crippen molar-refractivity contribution in [3.05, 3.63) is 29.3 Å². The molecule has 0 bridgehead atoms. The van der Waals surface area contributed by atoms with Crippen molar-refractivity contribution in [2.24, 2.45) is 0 Å². The van der Waals surface area contributed by atoms with Gasteiger partial charge in [0.05, 0.1) is 25.8 Å². The number of aldehydes is 1. The quantitative estimate of drug-likeness (QED) is 0.165. The molecule has 12 heteroatoms. The van der Waals surface area contributed by atoms with E-state index >= 15 is 0 Å². The first kappa shape index (κ1) is 29.2. The molecule has 12 nitrogen and oxygen atoms in total. The Labute approximate surface area is 222 Å². The zero-order valence-electron chi connectivity index (χ0n) is 21.9. The lowest BCUT2D eigenvalue weighted by molar-refractivity contribution is -0.121. The van der Waals surface area contributed by atoms with Gasteiger partial charge in [0.25, 0.3) is 5.91 Å². The Morgan fingerprint density at radius 1 is 1.16 bits per heavy atom. The first-order valence-electron chi connectivity index (χ1n) is 13.1. The summed E-state index contributed by atoms with van der Waals surface area (Å²) in [6.45, 7) is 4.58. The highest BCUT2D eigenvalue weighted by Crippen LogP contribution is 2.31. The van der Waals surface area contributed by atoms with Gasteiger partial charge in [0.2, 0.25) is 18.2 Å². The highest BCUT2D eigenvalue weighted by Gasteiger charge is 2.34. The molecule has 1 unspecified atom stereocenters. The minimum absolute atomic E-state index is 0.0883. The summed E-state index contributed by atoms with van der Waals surface area (Å²) in [7, 11) is 1.52. The van der Waals surface area contributed by atoms with E-state index in [1.165, 1.54) is 11.9 Å². The molecule has 3 rings (SSSR count). The molecule has 0 aromatic heterocycles. The topological polar surface area (TPSA) is 149 Å². The average Bonchev–Trinajstić information content (AvgIpc) is 3.26. The number of likely N-dealkylation sites (tertiary alicyclic amines) is 1. The predicted octanol–water partition coefficient (Wildman–Crippen LogP) is -0.509. The third kappa shape index (κ3) is 8.33. The summed E-state index contributed by atoms with van der Waals surface area (Å²) in [4.78, 5) is 62.9. The van der Waals surface area contributed by atoms with Crippen LogP contribution >= 0.6 is 0 Å². The van der Waals surface area contributed by atoms with Crippen molar-refractivity contribution >= 4 is 36.1 Å². The van der Waals surface area contributed by atoms with Crippen molar-refractivity contribution in [2.45, 2.75) is 44.3 Å². The smallest absolute Gasteiger partial charge is 0.255 e. The Morgan fingerprint density at radius 3 is 2.66 bits per heavy atom. The van der Waals surface area contributed by atoms with Gasteiger partial charge in [0, 0.05) is 69.0 Å². The van der Waals surface area contributed by atoms with E-state index in [2.05, 4.69) is 26.2 Å². The summed E-state index contributed by atoms with van der Waals surface area (Å²) in [5.74, 6) is -0.734. The lowest BCUT2D eigenvalue weighted by Crippen LogP contribution is -2.43. The third-order valence-electron chi connectivity index (χ3n) is 6.93. The number of hydrogen-bond acceptors (Lipinski definition) is 8. The molecule has 2 aliphatic heterocycles. The van der Waals surface area contributed by atoms with E-state index < -0.39 is 6.04 Å². The third-order valence-corrected chi connectivity index (χ3v) is 6.93. The highest BCUT2D eigenvalue weighted by molar-refractivity contribution is 6.03. The second-order valence-electron chi connectivity index (χ2n) is 9.42. The number of hydrogen-bond donors (Lipinski definition) is 4. The van der Waals surface area contributed by atoms with E-state index in [1.807, 2.05) is 0 Å². The lowest BCUT2D eigenvalue weighted by Gasteiger charge is -2.31. The molecule has 38 heavy (non-hydrogen) atoms. The van der Waals surface area contributed by atoms with Gasteiger partial charge < -0.3 is 40.6 Å². The Kier molecular flexibility index (Phi) is 11.7. The van der Waals surface area contributed by atoms with Crippen LogP contribution in [0.5, 0.6) is 0 Å². The van der Waals surface area contributed by atoms with Crippen molar-refractivity contribution < 1.29 is 28.7 Å². The maximum absolute atomic E-state index is 12.9. The van der Waals surface area contributed by atoms with Crippen LogP contribution in [-0.2, 0) is 30.5 Å². The predicted molar refractivity (Wildman–Crippen MR) is 140 cm³/mol. The molecule has 1 atom stereocenters. The van der Waals surface area contributed by atoms with Crippen LogP contribution in [0.3, 0.4) is 0 Å². The van der Waals surface area contributed by atoms with Gasteiger partial charge in [-0.25, -0.2) is 0 Å². The Morgan fingerprint density at radius 2 is 1.95 bits per heavy atom. The van der Waals surface area contributed by atoms with Crippen LogP contribution in [0.25, 0.3) is 0 Å². The monoisotopic (exact) mass is 530 g/mol. The van der Waals surface area contributed by atoms with E-state index in [0.29, 0.717) is 42.9 Å². The Balaban J connectivity index is 1.36. The van der Waals surface area contributed by atoms with Crippen LogP contribution in [0.15, 0.2) is 18.2 Å². The van der Waals surface area contributed by atoms with Crippen LogP contribution in [0.1, 0.15) is 41.6 Å². The van der Waals surface area contributed by atoms with Crippen molar-refractivity contribution in [3.8, 4) is 0 Å². The second kappa shape index (κ2) is 15.2. The summed E-state index contributed by atoms with van der Waals surface area (Å²) in [6, 6.07) is 4.65. The number of rotatable bonds is 16. The number of carbonyl (C=O) groups excluding carboxylic acids is 5. The molecule has 1 aromatic carbocycles. The van der Waals surface area contributed by atoms with Gasteiger partial charge in [-0.15, -0.1) is 0 Å². The fourth-order valence-corrected chi connectivity index (χ4v) is 4.70. The Hall–Kier alpha value is -3.35. The number of benzene rings is 1. The van der Waals surface area contributed by atoms with Crippen LogP contribution in [0.4, 0.5) is 5.69 Å². The van der Waals surface area contributed by atoms with Gasteiger partial charge >= 0.3 is 0 Å². The number of anilines is 1. The molecular formula is C26H38N6O6. The Bertz CT molecular complexity index is 981. The van der Waals surface area contributed by atoms with E-state index in [4.69, 9.17) is 4.74 Å². The van der Waals surface area contributed by atoms with Crippen LogP contribution in [0, 0.1) is 0 Å².